The minimum atomic E-state index is -0.312. The van der Waals surface area contributed by atoms with Crippen LogP contribution in [0.2, 0.25) is 0 Å². The minimum absolute atomic E-state index is 0.108. The largest absolute Gasteiger partial charge is 0.325 e. The number of rotatable bonds is 4. The van der Waals surface area contributed by atoms with Gasteiger partial charge < -0.3 is 10.2 Å². The van der Waals surface area contributed by atoms with Gasteiger partial charge in [0.1, 0.15) is 11.2 Å². The van der Waals surface area contributed by atoms with E-state index in [-0.39, 0.29) is 30.0 Å². The Kier molecular flexibility index (Phi) is 4.49. The number of thiophene rings is 1. The van der Waals surface area contributed by atoms with Gasteiger partial charge in [-0.3, -0.25) is 19.0 Å². The third kappa shape index (κ3) is 3.35. The summed E-state index contributed by atoms with van der Waals surface area (Å²) >= 11 is 1.31. The summed E-state index contributed by atoms with van der Waals surface area (Å²) in [6.07, 6.45) is 2.81. The molecule has 4 rings (SSSR count). The van der Waals surface area contributed by atoms with Crippen LogP contribution in [0.3, 0.4) is 0 Å². The number of anilines is 2. The molecule has 1 fully saturated rings. The van der Waals surface area contributed by atoms with E-state index in [4.69, 9.17) is 0 Å². The Morgan fingerprint density at radius 1 is 1.26 bits per heavy atom. The monoisotopic (exact) mass is 382 g/mol. The molecule has 2 amide bonds. The quantitative estimate of drug-likeness (QED) is 0.752. The number of fused-ring (bicyclic) bond motifs is 1. The molecule has 0 bridgehead atoms. The van der Waals surface area contributed by atoms with E-state index in [9.17, 15) is 14.4 Å². The van der Waals surface area contributed by atoms with E-state index in [0.29, 0.717) is 22.3 Å². The minimum Gasteiger partial charge on any atom is -0.325 e. The first-order valence-electron chi connectivity index (χ1n) is 8.67. The third-order valence-electron chi connectivity index (χ3n) is 4.66. The Balaban J connectivity index is 1.45. The van der Waals surface area contributed by atoms with Gasteiger partial charge in [0.2, 0.25) is 11.8 Å². The van der Waals surface area contributed by atoms with Crippen LogP contribution in [0.4, 0.5) is 11.4 Å². The van der Waals surface area contributed by atoms with Gasteiger partial charge in [-0.15, -0.1) is 11.3 Å². The highest BCUT2D eigenvalue weighted by atomic mass is 32.1. The van der Waals surface area contributed by atoms with Gasteiger partial charge in [0, 0.05) is 23.8 Å². The summed E-state index contributed by atoms with van der Waals surface area (Å²) in [5.74, 6) is -0.191. The second-order valence-electron chi connectivity index (χ2n) is 6.56. The van der Waals surface area contributed by atoms with Crippen molar-refractivity contribution in [1.29, 1.82) is 0 Å². The number of benzene rings is 1. The predicted octanol–water partition coefficient (Wildman–Crippen LogP) is 2.61. The number of amides is 2. The molecule has 1 aliphatic rings. The highest BCUT2D eigenvalue weighted by Crippen LogP contribution is 2.27. The molecule has 1 N–H and O–H groups in total. The highest BCUT2D eigenvalue weighted by molar-refractivity contribution is 7.17. The lowest BCUT2D eigenvalue weighted by Gasteiger charge is -2.22. The smallest absolute Gasteiger partial charge is 0.271 e. The summed E-state index contributed by atoms with van der Waals surface area (Å²) < 4.78 is 1.84. The van der Waals surface area contributed by atoms with Crippen molar-refractivity contribution in [2.75, 3.05) is 10.2 Å². The molecule has 1 aliphatic heterocycles. The summed E-state index contributed by atoms with van der Waals surface area (Å²) in [5, 5.41) is 4.58. The van der Waals surface area contributed by atoms with Gasteiger partial charge in [0.25, 0.3) is 5.56 Å². The number of hydrogen-bond donors (Lipinski definition) is 1. The second kappa shape index (κ2) is 6.96. The van der Waals surface area contributed by atoms with Crippen LogP contribution in [0.15, 0.2) is 46.8 Å². The Hall–Kier alpha value is -3.00. The average molecular weight is 382 g/mol. The molecule has 3 aromatic rings. The fourth-order valence-electron chi connectivity index (χ4n) is 3.28. The first-order valence-corrected chi connectivity index (χ1v) is 9.55. The van der Waals surface area contributed by atoms with Crippen LogP contribution >= 0.6 is 11.3 Å². The van der Waals surface area contributed by atoms with E-state index in [1.54, 1.807) is 28.5 Å². The lowest BCUT2D eigenvalue weighted by atomic mass is 10.2. The van der Waals surface area contributed by atoms with Crippen LogP contribution in [0.1, 0.15) is 19.8 Å². The highest BCUT2D eigenvalue weighted by Gasteiger charge is 2.28. The van der Waals surface area contributed by atoms with E-state index in [1.165, 1.54) is 22.2 Å². The van der Waals surface area contributed by atoms with Gasteiger partial charge in [0.05, 0.1) is 11.8 Å². The molecule has 3 heterocycles. The first-order chi connectivity index (χ1) is 13.0. The summed E-state index contributed by atoms with van der Waals surface area (Å²) in [5.41, 5.74) is 1.86. The van der Waals surface area contributed by atoms with Crippen molar-refractivity contribution in [3.8, 4) is 0 Å². The summed E-state index contributed by atoms with van der Waals surface area (Å²) in [6.45, 7) is 1.92. The summed E-state index contributed by atoms with van der Waals surface area (Å²) in [6, 6.07) is 9.12. The number of hydrogen-bond acceptors (Lipinski definition) is 5. The van der Waals surface area contributed by atoms with E-state index in [2.05, 4.69) is 10.3 Å². The molecular weight excluding hydrogens is 364 g/mol. The van der Waals surface area contributed by atoms with Crippen LogP contribution in [-0.2, 0) is 16.1 Å². The molecule has 1 atom stereocenters. The van der Waals surface area contributed by atoms with E-state index < -0.39 is 0 Å². The van der Waals surface area contributed by atoms with Gasteiger partial charge in [-0.25, -0.2) is 4.98 Å². The third-order valence-corrected chi connectivity index (χ3v) is 5.56. The topological polar surface area (TPSA) is 84.3 Å². The zero-order chi connectivity index (χ0) is 19.0. The predicted molar refractivity (Wildman–Crippen MR) is 105 cm³/mol. The molecule has 0 aliphatic carbocycles. The molecule has 1 aromatic carbocycles. The maximum absolute atomic E-state index is 12.3. The average Bonchev–Trinajstić information content (AvgIpc) is 3.25. The fraction of sp³-hybridized carbons (Fsp3) is 0.263. The fourth-order valence-corrected chi connectivity index (χ4v) is 4.07. The molecule has 1 saturated heterocycles. The molecule has 7 nitrogen and oxygen atoms in total. The zero-order valence-electron chi connectivity index (χ0n) is 14.7. The first kappa shape index (κ1) is 17.4. The van der Waals surface area contributed by atoms with Crippen molar-refractivity contribution in [2.24, 2.45) is 0 Å². The maximum Gasteiger partial charge on any atom is 0.271 e. The van der Waals surface area contributed by atoms with Crippen molar-refractivity contribution in [1.82, 2.24) is 9.55 Å². The lowest BCUT2D eigenvalue weighted by molar-refractivity contribution is -0.117. The van der Waals surface area contributed by atoms with Crippen LogP contribution in [-0.4, -0.2) is 27.4 Å². The van der Waals surface area contributed by atoms with Crippen molar-refractivity contribution < 1.29 is 9.59 Å². The van der Waals surface area contributed by atoms with Gasteiger partial charge in [-0.2, -0.15) is 0 Å². The molecular formula is C19H18N4O3S. The molecule has 0 spiro atoms. The van der Waals surface area contributed by atoms with Crippen molar-refractivity contribution in [2.45, 2.75) is 32.4 Å². The number of carbonyl (C=O) groups is 2. The number of carbonyl (C=O) groups excluding carboxylic acids is 2. The van der Waals surface area contributed by atoms with E-state index >= 15 is 0 Å². The molecule has 1 unspecified atom stereocenters. The van der Waals surface area contributed by atoms with Gasteiger partial charge in [-0.05, 0) is 49.1 Å². The number of aromatic nitrogens is 2. The molecule has 27 heavy (non-hydrogen) atoms. The van der Waals surface area contributed by atoms with E-state index in [0.717, 1.165) is 12.1 Å². The summed E-state index contributed by atoms with van der Waals surface area (Å²) in [7, 11) is 0. The standard InChI is InChI=1S/C19H18N4O3S/c1-12-2-7-17(25)23(12)14-5-3-13(4-6-14)21-16(24)10-22-11-20-15-8-9-27-18(15)19(22)26/h3-6,8-9,11-12H,2,7,10H2,1H3,(H,21,24). The lowest BCUT2D eigenvalue weighted by Crippen LogP contribution is -2.30. The number of nitrogens with one attached hydrogen (secondary N) is 1. The molecule has 138 valence electrons. The van der Waals surface area contributed by atoms with Crippen LogP contribution in [0, 0.1) is 0 Å². The Bertz CT molecular complexity index is 1070. The normalized spacial score (nSPS) is 16.9. The number of nitrogens with zero attached hydrogens (tertiary/aromatic N) is 3. The maximum atomic E-state index is 12.3. The molecule has 2 aromatic heterocycles. The Morgan fingerprint density at radius 2 is 2.04 bits per heavy atom. The van der Waals surface area contributed by atoms with Gasteiger partial charge >= 0.3 is 0 Å². The zero-order valence-corrected chi connectivity index (χ0v) is 15.5. The van der Waals surface area contributed by atoms with Crippen molar-refractivity contribution >= 4 is 44.7 Å². The Morgan fingerprint density at radius 3 is 2.74 bits per heavy atom. The SMILES string of the molecule is CC1CCC(=O)N1c1ccc(NC(=O)Cn2cnc3ccsc3c2=O)cc1. The van der Waals surface area contributed by atoms with E-state index in [1.807, 2.05) is 19.1 Å². The van der Waals surface area contributed by atoms with Gasteiger partial charge in [-0.1, -0.05) is 0 Å². The van der Waals surface area contributed by atoms with Crippen molar-refractivity contribution in [3.05, 3.63) is 52.4 Å². The molecule has 0 radical (unpaired) electrons. The molecule has 8 heteroatoms. The van der Waals surface area contributed by atoms with Crippen LogP contribution in [0.5, 0.6) is 0 Å². The van der Waals surface area contributed by atoms with Crippen LogP contribution in [0.25, 0.3) is 10.2 Å². The summed E-state index contributed by atoms with van der Waals surface area (Å²) in [4.78, 5) is 42.6. The van der Waals surface area contributed by atoms with Gasteiger partial charge in [0.15, 0.2) is 0 Å². The molecule has 0 saturated carbocycles. The van der Waals surface area contributed by atoms with Crippen molar-refractivity contribution in [3.63, 3.8) is 0 Å². The second-order valence-corrected chi connectivity index (χ2v) is 7.48. The van der Waals surface area contributed by atoms with Crippen LogP contribution < -0.4 is 15.8 Å². The Labute approximate surface area is 159 Å².